The Hall–Kier alpha value is -2.28. The van der Waals surface area contributed by atoms with Crippen molar-refractivity contribution in [2.45, 2.75) is 31.9 Å². The third kappa shape index (κ3) is 3.30. The van der Waals surface area contributed by atoms with E-state index in [4.69, 9.17) is 9.47 Å². The minimum atomic E-state index is -0.364. The minimum absolute atomic E-state index is 0.00660. The molecule has 116 valence electrons. The number of ether oxygens (including phenoxy) is 2. The summed E-state index contributed by atoms with van der Waals surface area (Å²) in [6, 6.07) is 6.98. The molecule has 2 heterocycles. The topological polar surface area (TPSA) is 83.3 Å². The smallest absolute Gasteiger partial charge is 0.307 e. The largest absolute Gasteiger partial charge is 0.463 e. The first-order chi connectivity index (χ1) is 10.7. The van der Waals surface area contributed by atoms with Gasteiger partial charge in [0.15, 0.2) is 0 Å². The molecule has 1 aliphatic heterocycles. The predicted molar refractivity (Wildman–Crippen MR) is 78.3 cm³/mol. The molecule has 1 fully saturated rings. The maximum Gasteiger partial charge on any atom is 0.307 e. The van der Waals surface area contributed by atoms with Gasteiger partial charge in [-0.3, -0.25) is 9.59 Å². The molecule has 0 radical (unpaired) electrons. The molecule has 1 aromatic carbocycles. The van der Waals surface area contributed by atoms with Crippen molar-refractivity contribution < 1.29 is 14.3 Å². The third-order valence-electron chi connectivity index (χ3n) is 3.61. The van der Waals surface area contributed by atoms with Crippen LogP contribution >= 0.6 is 0 Å². The van der Waals surface area contributed by atoms with Gasteiger partial charge in [-0.2, -0.15) is 0 Å². The van der Waals surface area contributed by atoms with E-state index in [2.05, 4.69) is 10.3 Å². The van der Waals surface area contributed by atoms with Crippen LogP contribution in [0, 0.1) is 0 Å². The molecule has 0 saturated carbocycles. The number of aryl methyl sites for hydroxylation is 1. The summed E-state index contributed by atoms with van der Waals surface area (Å²) < 4.78 is 11.7. The van der Waals surface area contributed by atoms with Gasteiger partial charge in [-0.05, 0) is 25.0 Å². The van der Waals surface area contributed by atoms with Crippen LogP contribution in [-0.4, -0.2) is 40.3 Å². The number of carbonyl (C=O) groups excluding carboxylic acids is 1. The number of hydrogen-bond acceptors (Lipinski definition) is 6. The monoisotopic (exact) mass is 303 g/mol. The lowest BCUT2D eigenvalue weighted by Crippen LogP contribution is -2.26. The number of hydrogen-bond donors (Lipinski definition) is 0. The van der Waals surface area contributed by atoms with Crippen molar-refractivity contribution in [2.75, 3.05) is 13.2 Å². The molecule has 1 atom stereocenters. The summed E-state index contributed by atoms with van der Waals surface area (Å²) >= 11 is 0. The Bertz CT molecular complexity index is 722. The third-order valence-corrected chi connectivity index (χ3v) is 3.61. The highest BCUT2D eigenvalue weighted by atomic mass is 16.6. The van der Waals surface area contributed by atoms with Gasteiger partial charge in [0, 0.05) is 6.61 Å². The molecule has 22 heavy (non-hydrogen) atoms. The maximum absolute atomic E-state index is 12.2. The van der Waals surface area contributed by atoms with E-state index >= 15 is 0 Å². The number of carbonyl (C=O) groups is 1. The lowest BCUT2D eigenvalue weighted by molar-refractivity contribution is -0.147. The number of aromatic nitrogens is 3. The average Bonchev–Trinajstić information content (AvgIpc) is 3.06. The average molecular weight is 303 g/mol. The summed E-state index contributed by atoms with van der Waals surface area (Å²) in [6.07, 6.45) is 2.01. The van der Waals surface area contributed by atoms with Crippen LogP contribution in [0.25, 0.3) is 10.9 Å². The van der Waals surface area contributed by atoms with Crippen LogP contribution in [0.1, 0.15) is 19.3 Å². The molecular weight excluding hydrogens is 286 g/mol. The molecule has 0 N–H and O–H groups in total. The first-order valence-corrected chi connectivity index (χ1v) is 7.34. The molecule has 3 rings (SSSR count). The summed E-state index contributed by atoms with van der Waals surface area (Å²) in [7, 11) is 0. The zero-order chi connectivity index (χ0) is 15.4. The second kappa shape index (κ2) is 6.65. The van der Waals surface area contributed by atoms with Crippen LogP contribution in [0.4, 0.5) is 0 Å². The van der Waals surface area contributed by atoms with E-state index in [1.165, 1.54) is 4.68 Å². The van der Waals surface area contributed by atoms with Gasteiger partial charge >= 0.3 is 5.97 Å². The number of benzene rings is 1. The van der Waals surface area contributed by atoms with Crippen molar-refractivity contribution in [3.05, 3.63) is 34.6 Å². The van der Waals surface area contributed by atoms with Crippen LogP contribution in [-0.2, 0) is 20.8 Å². The normalized spacial score (nSPS) is 17.7. The second-order valence-corrected chi connectivity index (χ2v) is 5.20. The Balaban J connectivity index is 1.58. The van der Waals surface area contributed by atoms with Crippen LogP contribution in [0.5, 0.6) is 0 Å². The maximum atomic E-state index is 12.2. The second-order valence-electron chi connectivity index (χ2n) is 5.20. The van der Waals surface area contributed by atoms with Gasteiger partial charge in [-0.1, -0.05) is 17.3 Å². The van der Waals surface area contributed by atoms with Crippen molar-refractivity contribution in [3.8, 4) is 0 Å². The Labute approximate surface area is 126 Å². The van der Waals surface area contributed by atoms with E-state index < -0.39 is 0 Å². The quantitative estimate of drug-likeness (QED) is 0.763. The first kappa shape index (κ1) is 14.6. The highest BCUT2D eigenvalue weighted by molar-refractivity contribution is 5.76. The van der Waals surface area contributed by atoms with E-state index in [9.17, 15) is 9.59 Å². The number of esters is 1. The molecular formula is C15H17N3O4. The fraction of sp³-hybridized carbons (Fsp3) is 0.467. The van der Waals surface area contributed by atoms with Gasteiger partial charge in [-0.25, -0.2) is 4.68 Å². The molecule has 0 bridgehead atoms. The van der Waals surface area contributed by atoms with E-state index in [0.29, 0.717) is 10.9 Å². The fourth-order valence-corrected chi connectivity index (χ4v) is 2.40. The van der Waals surface area contributed by atoms with Crippen LogP contribution in [0.2, 0.25) is 0 Å². The van der Waals surface area contributed by atoms with Crippen LogP contribution in [0.15, 0.2) is 29.1 Å². The SMILES string of the molecule is O=C(CCn1nnc2ccccc2c1=O)OC[C@@H]1CCCO1. The molecule has 0 unspecified atom stereocenters. The fourth-order valence-electron chi connectivity index (χ4n) is 2.40. The van der Waals surface area contributed by atoms with Crippen molar-refractivity contribution in [2.24, 2.45) is 0 Å². The van der Waals surface area contributed by atoms with Gasteiger partial charge in [0.05, 0.1) is 24.5 Å². The number of nitrogens with zero attached hydrogens (tertiary/aromatic N) is 3. The molecule has 0 amide bonds. The molecule has 1 aliphatic rings. The van der Waals surface area contributed by atoms with Crippen molar-refractivity contribution in [3.63, 3.8) is 0 Å². The summed E-state index contributed by atoms with van der Waals surface area (Å²) in [4.78, 5) is 23.9. The lowest BCUT2D eigenvalue weighted by atomic mass is 10.2. The van der Waals surface area contributed by atoms with Crippen molar-refractivity contribution >= 4 is 16.9 Å². The van der Waals surface area contributed by atoms with Crippen molar-refractivity contribution in [1.82, 2.24) is 15.0 Å². The molecule has 0 spiro atoms. The molecule has 1 aromatic heterocycles. The predicted octanol–water partition coefficient (Wildman–Crippen LogP) is 0.904. The Morgan fingerprint density at radius 3 is 3.09 bits per heavy atom. The van der Waals surface area contributed by atoms with Gasteiger partial charge in [0.25, 0.3) is 5.56 Å². The molecule has 0 aliphatic carbocycles. The van der Waals surface area contributed by atoms with E-state index in [1.807, 2.05) is 0 Å². The number of rotatable bonds is 5. The molecule has 1 saturated heterocycles. The van der Waals surface area contributed by atoms with Gasteiger partial charge in [0.2, 0.25) is 0 Å². The zero-order valence-electron chi connectivity index (χ0n) is 12.1. The van der Waals surface area contributed by atoms with Gasteiger partial charge in [-0.15, -0.1) is 5.10 Å². The van der Waals surface area contributed by atoms with Crippen LogP contribution in [0.3, 0.4) is 0 Å². The Kier molecular flexibility index (Phi) is 4.43. The Morgan fingerprint density at radius 2 is 2.27 bits per heavy atom. The standard InChI is InChI=1S/C15H17N3O4/c19-14(22-10-11-4-3-9-21-11)7-8-18-15(20)12-5-1-2-6-13(12)16-17-18/h1-2,5-6,11H,3-4,7-10H2/t11-/m0/s1. The van der Waals surface area contributed by atoms with Gasteiger partial charge in [0.1, 0.15) is 12.1 Å². The summed E-state index contributed by atoms with van der Waals surface area (Å²) in [5.41, 5.74) is 0.294. The zero-order valence-corrected chi connectivity index (χ0v) is 12.1. The van der Waals surface area contributed by atoms with E-state index in [0.717, 1.165) is 19.4 Å². The first-order valence-electron chi connectivity index (χ1n) is 7.34. The molecule has 7 heteroatoms. The van der Waals surface area contributed by atoms with E-state index in [1.54, 1.807) is 24.3 Å². The van der Waals surface area contributed by atoms with E-state index in [-0.39, 0.29) is 37.2 Å². The number of fused-ring (bicyclic) bond motifs is 1. The van der Waals surface area contributed by atoms with Gasteiger partial charge < -0.3 is 9.47 Å². The Morgan fingerprint density at radius 1 is 1.41 bits per heavy atom. The highest BCUT2D eigenvalue weighted by Gasteiger charge is 2.17. The van der Waals surface area contributed by atoms with Crippen molar-refractivity contribution in [1.29, 1.82) is 0 Å². The lowest BCUT2D eigenvalue weighted by Gasteiger charge is -2.10. The van der Waals surface area contributed by atoms with Crippen LogP contribution < -0.4 is 5.56 Å². The highest BCUT2D eigenvalue weighted by Crippen LogP contribution is 2.12. The summed E-state index contributed by atoms with van der Waals surface area (Å²) in [6.45, 7) is 1.16. The minimum Gasteiger partial charge on any atom is -0.463 e. The molecule has 2 aromatic rings. The summed E-state index contributed by atoms with van der Waals surface area (Å²) in [5, 5.41) is 8.30. The summed E-state index contributed by atoms with van der Waals surface area (Å²) in [5.74, 6) is -0.364. The molecule has 7 nitrogen and oxygen atoms in total.